The quantitative estimate of drug-likeness (QED) is 0.749. The summed E-state index contributed by atoms with van der Waals surface area (Å²) in [6.07, 6.45) is 1.99. The summed E-state index contributed by atoms with van der Waals surface area (Å²) in [4.78, 5) is 40.9. The van der Waals surface area contributed by atoms with Crippen molar-refractivity contribution in [1.29, 1.82) is 0 Å². The molecule has 4 amide bonds. The molecule has 2 aliphatic heterocycles. The van der Waals surface area contributed by atoms with Gasteiger partial charge < -0.3 is 20.3 Å². The number of rotatable bonds is 6. The molecule has 2 aromatic rings. The van der Waals surface area contributed by atoms with Gasteiger partial charge in [0.25, 0.3) is 0 Å². The van der Waals surface area contributed by atoms with E-state index in [0.717, 1.165) is 31.5 Å². The lowest BCUT2D eigenvalue weighted by Crippen LogP contribution is -2.50. The number of likely N-dealkylation sites (tertiary alicyclic amines) is 1. The number of nitrogens with zero attached hydrogens (tertiary/aromatic N) is 2. The number of carbonyl (C=O) groups is 3. The summed E-state index contributed by atoms with van der Waals surface area (Å²) >= 11 is 0. The Kier molecular flexibility index (Phi) is 6.35. The summed E-state index contributed by atoms with van der Waals surface area (Å²) in [5.74, 6) is -0.0648. The van der Waals surface area contributed by atoms with Gasteiger partial charge in [-0.15, -0.1) is 0 Å². The fourth-order valence-corrected chi connectivity index (χ4v) is 3.91. The van der Waals surface area contributed by atoms with Crippen molar-refractivity contribution in [2.75, 3.05) is 36.5 Å². The van der Waals surface area contributed by atoms with Gasteiger partial charge in [0.05, 0.1) is 6.54 Å². The number of urea groups is 1. The first-order chi connectivity index (χ1) is 15.1. The third-order valence-corrected chi connectivity index (χ3v) is 5.48. The van der Waals surface area contributed by atoms with Crippen LogP contribution in [0.15, 0.2) is 54.6 Å². The highest BCUT2D eigenvalue weighted by atomic mass is 16.6. The molecule has 2 fully saturated rings. The predicted molar refractivity (Wildman–Crippen MR) is 117 cm³/mol. The van der Waals surface area contributed by atoms with Crippen molar-refractivity contribution >= 4 is 29.4 Å². The Morgan fingerprint density at radius 2 is 1.77 bits per heavy atom. The van der Waals surface area contributed by atoms with Crippen LogP contribution in [0.5, 0.6) is 0 Å². The van der Waals surface area contributed by atoms with Crippen LogP contribution < -0.4 is 15.5 Å². The van der Waals surface area contributed by atoms with Crippen molar-refractivity contribution in [3.8, 4) is 0 Å². The standard InChI is InChI=1S/C23H26N4O4/c28-21(26-11-4-5-12-26)20(15-17-7-2-1-3-8-17)25-22(29)24-18-9-6-10-19(16-18)27-13-14-31-23(27)30/h1-3,6-10,16,20H,4-5,11-15H2,(H2,24,25,29). The minimum atomic E-state index is -0.655. The Morgan fingerprint density at radius 1 is 1.00 bits per heavy atom. The second-order valence-electron chi connectivity index (χ2n) is 7.69. The van der Waals surface area contributed by atoms with Crippen LogP contribution in [0.4, 0.5) is 21.0 Å². The molecule has 0 spiro atoms. The molecule has 1 unspecified atom stereocenters. The van der Waals surface area contributed by atoms with Crippen LogP contribution in [-0.4, -0.2) is 55.2 Å². The Morgan fingerprint density at radius 3 is 2.48 bits per heavy atom. The van der Waals surface area contributed by atoms with E-state index in [1.165, 1.54) is 4.90 Å². The van der Waals surface area contributed by atoms with Crippen molar-refractivity contribution in [1.82, 2.24) is 10.2 Å². The molecule has 0 radical (unpaired) electrons. The molecule has 162 valence electrons. The molecule has 1 atom stereocenters. The highest BCUT2D eigenvalue weighted by Crippen LogP contribution is 2.22. The summed E-state index contributed by atoms with van der Waals surface area (Å²) < 4.78 is 4.97. The summed E-state index contributed by atoms with van der Waals surface area (Å²) in [5, 5.41) is 5.62. The smallest absolute Gasteiger partial charge is 0.414 e. The Labute approximate surface area is 181 Å². The van der Waals surface area contributed by atoms with Gasteiger partial charge in [-0.05, 0) is 36.6 Å². The molecule has 8 heteroatoms. The van der Waals surface area contributed by atoms with Crippen molar-refractivity contribution in [2.45, 2.75) is 25.3 Å². The van der Waals surface area contributed by atoms with Gasteiger partial charge in [0.2, 0.25) is 5.91 Å². The van der Waals surface area contributed by atoms with Gasteiger partial charge in [-0.1, -0.05) is 36.4 Å². The van der Waals surface area contributed by atoms with E-state index in [1.807, 2.05) is 35.2 Å². The molecule has 2 N–H and O–H groups in total. The summed E-state index contributed by atoms with van der Waals surface area (Å²) in [6, 6.07) is 15.5. The third-order valence-electron chi connectivity index (χ3n) is 5.48. The largest absolute Gasteiger partial charge is 0.447 e. The normalized spacial score (nSPS) is 16.7. The first-order valence-electron chi connectivity index (χ1n) is 10.5. The number of ether oxygens (including phenoxy) is 1. The fraction of sp³-hybridized carbons (Fsp3) is 0.348. The predicted octanol–water partition coefficient (Wildman–Crippen LogP) is 3.00. The van der Waals surface area contributed by atoms with Gasteiger partial charge >= 0.3 is 12.1 Å². The molecule has 8 nitrogen and oxygen atoms in total. The molecule has 2 heterocycles. The number of benzene rings is 2. The van der Waals surface area contributed by atoms with Crippen LogP contribution in [0.2, 0.25) is 0 Å². The Bertz CT molecular complexity index is 944. The molecule has 2 aliphatic rings. The van der Waals surface area contributed by atoms with Gasteiger partial charge in [0.1, 0.15) is 12.6 Å². The fourth-order valence-electron chi connectivity index (χ4n) is 3.91. The molecular weight excluding hydrogens is 396 g/mol. The summed E-state index contributed by atoms with van der Waals surface area (Å²) in [7, 11) is 0. The highest BCUT2D eigenvalue weighted by Gasteiger charge is 2.28. The van der Waals surface area contributed by atoms with Gasteiger partial charge in [0, 0.05) is 30.9 Å². The SMILES string of the molecule is O=C(Nc1cccc(N2CCOC2=O)c1)NC(Cc1ccccc1)C(=O)N1CCCC1. The summed E-state index contributed by atoms with van der Waals surface area (Å²) in [5.41, 5.74) is 2.16. The average Bonchev–Trinajstić information content (AvgIpc) is 3.45. The zero-order valence-corrected chi connectivity index (χ0v) is 17.3. The van der Waals surface area contributed by atoms with Gasteiger partial charge in [-0.2, -0.15) is 0 Å². The lowest BCUT2D eigenvalue weighted by molar-refractivity contribution is -0.132. The van der Waals surface area contributed by atoms with Gasteiger partial charge in [0.15, 0.2) is 0 Å². The average molecular weight is 422 g/mol. The minimum absolute atomic E-state index is 0.0648. The number of nitrogens with one attached hydrogen (secondary N) is 2. The van der Waals surface area contributed by atoms with E-state index in [4.69, 9.17) is 4.74 Å². The molecular formula is C23H26N4O4. The Hall–Kier alpha value is -3.55. The third kappa shape index (κ3) is 5.14. The van der Waals surface area contributed by atoms with Crippen LogP contribution in [-0.2, 0) is 16.0 Å². The van der Waals surface area contributed by atoms with Crippen LogP contribution in [0.1, 0.15) is 18.4 Å². The number of carbonyl (C=O) groups excluding carboxylic acids is 3. The van der Waals surface area contributed by atoms with Crippen LogP contribution >= 0.6 is 0 Å². The second kappa shape index (κ2) is 9.51. The zero-order valence-electron chi connectivity index (χ0n) is 17.3. The van der Waals surface area contributed by atoms with Gasteiger partial charge in [-0.3, -0.25) is 9.69 Å². The van der Waals surface area contributed by atoms with Crippen molar-refractivity contribution < 1.29 is 19.1 Å². The minimum Gasteiger partial charge on any atom is -0.447 e. The molecule has 2 saturated heterocycles. The van der Waals surface area contributed by atoms with Crippen molar-refractivity contribution in [3.05, 3.63) is 60.2 Å². The lowest BCUT2D eigenvalue weighted by Gasteiger charge is -2.24. The van der Waals surface area contributed by atoms with Crippen LogP contribution in [0, 0.1) is 0 Å². The molecule has 0 aliphatic carbocycles. The summed E-state index contributed by atoms with van der Waals surface area (Å²) in [6.45, 7) is 2.26. The van der Waals surface area contributed by atoms with E-state index < -0.39 is 18.2 Å². The number of hydrogen-bond acceptors (Lipinski definition) is 4. The van der Waals surface area contributed by atoms with Crippen molar-refractivity contribution in [2.24, 2.45) is 0 Å². The van der Waals surface area contributed by atoms with Gasteiger partial charge in [-0.25, -0.2) is 9.59 Å². The van der Waals surface area contributed by atoms with E-state index in [-0.39, 0.29) is 5.91 Å². The van der Waals surface area contributed by atoms with E-state index in [1.54, 1.807) is 24.3 Å². The molecule has 0 saturated carbocycles. The maximum atomic E-state index is 13.0. The molecule has 4 rings (SSSR count). The number of hydrogen-bond donors (Lipinski definition) is 2. The topological polar surface area (TPSA) is 91.0 Å². The molecule has 2 aromatic carbocycles. The first kappa shape index (κ1) is 20.7. The maximum absolute atomic E-state index is 13.0. The van der Waals surface area contributed by atoms with E-state index in [9.17, 15) is 14.4 Å². The van der Waals surface area contributed by atoms with E-state index >= 15 is 0 Å². The van der Waals surface area contributed by atoms with Crippen LogP contribution in [0.25, 0.3) is 0 Å². The van der Waals surface area contributed by atoms with Crippen molar-refractivity contribution in [3.63, 3.8) is 0 Å². The zero-order chi connectivity index (χ0) is 21.6. The first-order valence-corrected chi connectivity index (χ1v) is 10.5. The molecule has 31 heavy (non-hydrogen) atoms. The molecule has 0 aromatic heterocycles. The van der Waals surface area contributed by atoms with E-state index in [0.29, 0.717) is 30.9 Å². The lowest BCUT2D eigenvalue weighted by atomic mass is 10.0. The van der Waals surface area contributed by atoms with E-state index in [2.05, 4.69) is 10.6 Å². The van der Waals surface area contributed by atoms with Crippen LogP contribution in [0.3, 0.4) is 0 Å². The highest BCUT2D eigenvalue weighted by molar-refractivity contribution is 5.95. The Balaban J connectivity index is 1.44. The number of amides is 4. The maximum Gasteiger partial charge on any atom is 0.414 e. The number of cyclic esters (lactones) is 1. The second-order valence-corrected chi connectivity index (χ2v) is 7.69. The number of anilines is 2. The molecule has 0 bridgehead atoms. The monoisotopic (exact) mass is 422 g/mol.